The third-order valence-electron chi connectivity index (χ3n) is 13.8. The molecule has 10 radical (unpaired) electrons. The average Bonchev–Trinajstić information content (AvgIpc) is 3.92. The van der Waals surface area contributed by atoms with Crippen LogP contribution in [0.5, 0.6) is 0 Å². The first-order chi connectivity index (χ1) is 32.9. The van der Waals surface area contributed by atoms with Crippen LogP contribution in [0.3, 0.4) is 0 Å². The molecule has 0 saturated carbocycles. The van der Waals surface area contributed by atoms with Gasteiger partial charge in [-0.3, -0.25) is 0 Å². The first-order valence-electron chi connectivity index (χ1n) is 22.4. The van der Waals surface area contributed by atoms with E-state index in [9.17, 15) is 0 Å². The van der Waals surface area contributed by atoms with E-state index in [1.54, 1.807) is 0 Å². The lowest BCUT2D eigenvalue weighted by molar-refractivity contribution is 0.669. The Morgan fingerprint density at radius 2 is 0.866 bits per heavy atom. The average molecular weight is 837 g/mol. The maximum absolute atomic E-state index is 6.84. The van der Waals surface area contributed by atoms with Gasteiger partial charge < -0.3 is 8.98 Å². The van der Waals surface area contributed by atoms with Gasteiger partial charge in [-0.1, -0.05) is 157 Å². The van der Waals surface area contributed by atoms with Crippen LogP contribution in [0.1, 0.15) is 0 Å². The molecule has 2 nitrogen and oxygen atoms in total. The van der Waals surface area contributed by atoms with Crippen LogP contribution in [-0.2, 0) is 0 Å². The van der Waals surface area contributed by atoms with Gasteiger partial charge in [-0.15, -0.1) is 16.4 Å². The third kappa shape index (κ3) is 5.84. The Labute approximate surface area is 393 Å². The SMILES string of the molecule is [B]c1c([B])c([B])c(-c2c3ccccc3c(-c3cc(-c4ccc5oc6ccccc6c5c4-c4ccc5c6ccccc6n(-c6ccccc6)c5c4)cc4ccccc34)c3ccccc23)c([B])c1[B]. The second-order valence-electron chi connectivity index (χ2n) is 17.4. The van der Waals surface area contributed by atoms with Crippen molar-refractivity contribution in [1.29, 1.82) is 0 Å². The normalized spacial score (nSPS) is 11.9. The maximum atomic E-state index is 6.84. The molecule has 0 atom stereocenters. The third-order valence-corrected chi connectivity index (χ3v) is 13.8. The number of hydrogen-bond donors (Lipinski definition) is 0. The molecule has 0 spiro atoms. The van der Waals surface area contributed by atoms with Gasteiger partial charge >= 0.3 is 0 Å². The van der Waals surface area contributed by atoms with Crippen LogP contribution in [0.4, 0.5) is 0 Å². The predicted octanol–water partition coefficient (Wildman–Crippen LogP) is 10.8. The van der Waals surface area contributed by atoms with E-state index in [0.29, 0.717) is 16.5 Å². The molecule has 0 aliphatic carbocycles. The number of para-hydroxylation sites is 3. The molecule has 0 N–H and O–H groups in total. The number of nitrogens with zero attached hydrogens (tertiary/aromatic N) is 1. The summed E-state index contributed by atoms with van der Waals surface area (Å²) in [5.74, 6) is 0. The number of fused-ring (bicyclic) bond motifs is 9. The van der Waals surface area contributed by atoms with E-state index >= 15 is 0 Å². The quantitative estimate of drug-likeness (QED) is 0.125. The lowest BCUT2D eigenvalue weighted by Gasteiger charge is -2.25. The van der Waals surface area contributed by atoms with Crippen molar-refractivity contribution in [3.63, 3.8) is 0 Å². The van der Waals surface area contributed by atoms with Gasteiger partial charge in [0, 0.05) is 32.8 Å². The zero-order chi connectivity index (χ0) is 45.1. The van der Waals surface area contributed by atoms with Crippen molar-refractivity contribution in [3.05, 3.63) is 194 Å². The summed E-state index contributed by atoms with van der Waals surface area (Å²) >= 11 is 0. The van der Waals surface area contributed by atoms with Crippen LogP contribution >= 0.6 is 0 Å². The fourth-order valence-electron chi connectivity index (χ4n) is 10.8. The zero-order valence-corrected chi connectivity index (χ0v) is 36.2. The molecule has 67 heavy (non-hydrogen) atoms. The highest BCUT2D eigenvalue weighted by Gasteiger charge is 2.24. The minimum atomic E-state index is 0.187. The molecule has 0 unspecified atom stereocenters. The molecule has 0 amide bonds. The van der Waals surface area contributed by atoms with Gasteiger partial charge in [0.2, 0.25) is 0 Å². The van der Waals surface area contributed by atoms with Crippen molar-refractivity contribution in [1.82, 2.24) is 4.57 Å². The van der Waals surface area contributed by atoms with Crippen LogP contribution in [0.15, 0.2) is 199 Å². The first-order valence-corrected chi connectivity index (χ1v) is 22.4. The van der Waals surface area contributed by atoms with Crippen LogP contribution in [0, 0.1) is 0 Å². The summed E-state index contributed by atoms with van der Waals surface area (Å²) in [4.78, 5) is 0. The topological polar surface area (TPSA) is 18.1 Å². The molecule has 298 valence electrons. The number of hydrogen-bond acceptors (Lipinski definition) is 1. The summed E-state index contributed by atoms with van der Waals surface area (Å²) in [5, 5.41) is 10.8. The van der Waals surface area contributed by atoms with Gasteiger partial charge in [0.25, 0.3) is 0 Å². The fourth-order valence-corrected chi connectivity index (χ4v) is 10.8. The van der Waals surface area contributed by atoms with E-state index in [1.165, 1.54) is 10.8 Å². The second-order valence-corrected chi connectivity index (χ2v) is 17.4. The molecule has 0 bridgehead atoms. The number of furan rings is 1. The molecule has 0 aliphatic rings. The van der Waals surface area contributed by atoms with Crippen molar-refractivity contribution in [3.8, 4) is 50.2 Å². The second kappa shape index (κ2) is 15.1. The summed E-state index contributed by atoms with van der Waals surface area (Å²) < 4.78 is 9.01. The molecule has 7 heteroatoms. The Balaban J connectivity index is 1.14. The fraction of sp³-hybridized carbons (Fsp3) is 0. The van der Waals surface area contributed by atoms with E-state index in [1.807, 2.05) is 18.2 Å². The highest BCUT2D eigenvalue weighted by Crippen LogP contribution is 2.49. The predicted molar refractivity (Wildman–Crippen MR) is 289 cm³/mol. The highest BCUT2D eigenvalue weighted by molar-refractivity contribution is 6.69. The number of benzene rings is 11. The molecule has 2 aromatic heterocycles. The highest BCUT2D eigenvalue weighted by atomic mass is 16.3. The smallest absolute Gasteiger partial charge is 0.136 e. The van der Waals surface area contributed by atoms with E-state index in [4.69, 9.17) is 43.6 Å². The first kappa shape index (κ1) is 39.5. The van der Waals surface area contributed by atoms with Crippen LogP contribution in [0.2, 0.25) is 0 Å². The minimum Gasteiger partial charge on any atom is -0.456 e. The van der Waals surface area contributed by atoms with E-state index in [-0.39, 0.29) is 16.4 Å². The minimum absolute atomic E-state index is 0.187. The largest absolute Gasteiger partial charge is 0.456 e. The molecule has 2 heterocycles. The van der Waals surface area contributed by atoms with Crippen LogP contribution in [-0.4, -0.2) is 43.8 Å². The van der Waals surface area contributed by atoms with Crippen molar-refractivity contribution in [2.45, 2.75) is 0 Å². The monoisotopic (exact) mass is 837 g/mol. The molecular weight excluding hydrogens is 805 g/mol. The number of aromatic nitrogens is 1. The lowest BCUT2D eigenvalue weighted by atomic mass is 9.59. The van der Waals surface area contributed by atoms with E-state index in [2.05, 4.69) is 180 Å². The summed E-state index contributed by atoms with van der Waals surface area (Å²) in [6.45, 7) is 0. The van der Waals surface area contributed by atoms with E-state index in [0.717, 1.165) is 110 Å². The van der Waals surface area contributed by atoms with E-state index < -0.39 is 0 Å². The molecule has 0 aliphatic heterocycles. The van der Waals surface area contributed by atoms with Gasteiger partial charge in [0.15, 0.2) is 0 Å². The summed E-state index contributed by atoms with van der Waals surface area (Å²) in [6.07, 6.45) is 0. The van der Waals surface area contributed by atoms with Gasteiger partial charge in [0.05, 0.1) is 11.0 Å². The molecule has 13 aromatic rings. The van der Waals surface area contributed by atoms with Gasteiger partial charge in [-0.25, -0.2) is 0 Å². The lowest BCUT2D eigenvalue weighted by Crippen LogP contribution is -2.55. The van der Waals surface area contributed by atoms with Crippen LogP contribution in [0.25, 0.3) is 126 Å². The Bertz CT molecular complexity index is 4140. The number of rotatable bonds is 5. The molecular formula is C60H32B5NO. The summed E-state index contributed by atoms with van der Waals surface area (Å²) in [5.41, 5.74) is 14.3. The van der Waals surface area contributed by atoms with Crippen molar-refractivity contribution in [2.75, 3.05) is 0 Å². The molecule has 0 fully saturated rings. The summed E-state index contributed by atoms with van der Waals surface area (Å²) in [7, 11) is 33.1. The Morgan fingerprint density at radius 1 is 0.313 bits per heavy atom. The zero-order valence-electron chi connectivity index (χ0n) is 36.2. The van der Waals surface area contributed by atoms with Gasteiger partial charge in [-0.05, 0) is 120 Å². The Hall–Kier alpha value is -7.88. The van der Waals surface area contributed by atoms with Crippen molar-refractivity contribution < 1.29 is 4.42 Å². The van der Waals surface area contributed by atoms with Crippen molar-refractivity contribution in [2.24, 2.45) is 0 Å². The van der Waals surface area contributed by atoms with Crippen molar-refractivity contribution >= 4 is 143 Å². The van der Waals surface area contributed by atoms with Gasteiger partial charge in [0.1, 0.15) is 50.4 Å². The molecule has 13 rings (SSSR count). The van der Waals surface area contributed by atoms with Crippen LogP contribution < -0.4 is 27.3 Å². The molecule has 11 aromatic carbocycles. The maximum Gasteiger partial charge on any atom is 0.136 e. The van der Waals surface area contributed by atoms with Gasteiger partial charge in [-0.2, -0.15) is 0 Å². The standard InChI is InChI=1S/C60H32B5NO/c61-56-55(57(62)59(64)60(65)58(56)63)53-43-21-8-6-19-41(43)52(42-20-7-9-22-44(42)53)46-31-35(30-33-14-4-5-17-37(33)46)38-28-29-50-54(45-23-11-13-25-49(45)67-50)51(38)34-26-27-40-39-18-10-12-24-47(39)66(48(40)32-34)36-15-2-1-3-16-36/h1-32H. The Morgan fingerprint density at radius 3 is 1.57 bits per heavy atom. The molecule has 0 saturated heterocycles. The summed E-state index contributed by atoms with van der Waals surface area (Å²) in [6, 6.07) is 69.1. The Kier molecular flexibility index (Phi) is 8.89.